The Labute approximate surface area is 190 Å². The highest BCUT2D eigenvalue weighted by Gasteiger charge is 2.13. The predicted molar refractivity (Wildman–Crippen MR) is 128 cm³/mol. The Kier molecular flexibility index (Phi) is 8.22. The lowest BCUT2D eigenvalue weighted by Crippen LogP contribution is -2.17. The summed E-state index contributed by atoms with van der Waals surface area (Å²) < 4.78 is 4.74. The summed E-state index contributed by atoms with van der Waals surface area (Å²) in [5.74, 6) is -0.876. The van der Waals surface area contributed by atoms with Gasteiger partial charge in [0.25, 0.3) is 0 Å². The molecule has 0 aliphatic heterocycles. The number of para-hydroxylation sites is 1. The van der Waals surface area contributed by atoms with Crippen LogP contribution in [0.3, 0.4) is 0 Å². The van der Waals surface area contributed by atoms with Gasteiger partial charge in [-0.15, -0.1) is 11.8 Å². The largest absolute Gasteiger partial charge is 0.465 e. The molecule has 3 aromatic carbocycles. The van der Waals surface area contributed by atoms with Crippen molar-refractivity contribution in [2.24, 2.45) is 0 Å². The Morgan fingerprint density at radius 1 is 0.906 bits per heavy atom. The number of esters is 1. The third kappa shape index (κ3) is 6.85. The zero-order valence-corrected chi connectivity index (χ0v) is 18.2. The third-order valence-corrected chi connectivity index (χ3v) is 5.30. The number of nitrogens with one attached hydrogen (secondary N) is 2. The van der Waals surface area contributed by atoms with Crippen molar-refractivity contribution in [1.82, 2.24) is 0 Å². The number of amides is 2. The zero-order valence-electron chi connectivity index (χ0n) is 17.4. The van der Waals surface area contributed by atoms with Crippen molar-refractivity contribution in [3.8, 4) is 0 Å². The molecule has 6 nitrogen and oxygen atoms in total. The standard InChI is InChI=1S/C25H22N2O4S/c1-31-25(30)21-12-5-6-13-22(21)27-24(29)17-32-20-11-7-10-19(16-20)26-23(28)15-14-18-8-3-2-4-9-18/h2-16H,17H2,1H3,(H,26,28)(H,27,29)/b15-14+. The Balaban J connectivity index is 1.55. The number of carbonyl (C=O) groups excluding carboxylic acids is 3. The van der Waals surface area contributed by atoms with Crippen molar-refractivity contribution in [2.45, 2.75) is 4.90 Å². The van der Waals surface area contributed by atoms with E-state index in [2.05, 4.69) is 10.6 Å². The first-order valence-electron chi connectivity index (χ1n) is 9.79. The molecule has 2 amide bonds. The van der Waals surface area contributed by atoms with Crippen LogP contribution < -0.4 is 10.6 Å². The zero-order chi connectivity index (χ0) is 22.8. The van der Waals surface area contributed by atoms with Gasteiger partial charge in [0.2, 0.25) is 11.8 Å². The molecule has 3 rings (SSSR count). The fourth-order valence-electron chi connectivity index (χ4n) is 2.80. The molecule has 0 fully saturated rings. The van der Waals surface area contributed by atoms with E-state index >= 15 is 0 Å². The summed E-state index contributed by atoms with van der Waals surface area (Å²) >= 11 is 1.32. The van der Waals surface area contributed by atoms with Crippen LogP contribution in [0.15, 0.2) is 89.8 Å². The normalized spacial score (nSPS) is 10.5. The number of hydrogen-bond acceptors (Lipinski definition) is 5. The topological polar surface area (TPSA) is 84.5 Å². The van der Waals surface area contributed by atoms with Crippen LogP contribution in [0, 0.1) is 0 Å². The van der Waals surface area contributed by atoms with Crippen molar-refractivity contribution in [3.63, 3.8) is 0 Å². The molecule has 0 saturated heterocycles. The van der Waals surface area contributed by atoms with E-state index in [1.165, 1.54) is 24.9 Å². The van der Waals surface area contributed by atoms with E-state index in [1.807, 2.05) is 42.5 Å². The first kappa shape index (κ1) is 22.8. The van der Waals surface area contributed by atoms with Gasteiger partial charge in [-0.25, -0.2) is 4.79 Å². The third-order valence-electron chi connectivity index (χ3n) is 4.30. The van der Waals surface area contributed by atoms with Crippen LogP contribution in [0.1, 0.15) is 15.9 Å². The highest BCUT2D eigenvalue weighted by Crippen LogP contribution is 2.23. The number of ether oxygens (including phenoxy) is 1. The number of benzene rings is 3. The Morgan fingerprint density at radius 3 is 2.44 bits per heavy atom. The number of rotatable bonds is 8. The van der Waals surface area contributed by atoms with Gasteiger partial charge in [-0.1, -0.05) is 48.5 Å². The SMILES string of the molecule is COC(=O)c1ccccc1NC(=O)CSc1cccc(NC(=O)/C=C/c2ccccc2)c1. The lowest BCUT2D eigenvalue weighted by Gasteiger charge is -2.10. The number of thioether (sulfide) groups is 1. The predicted octanol–water partition coefficient (Wildman–Crippen LogP) is 4.86. The molecule has 0 heterocycles. The van der Waals surface area contributed by atoms with Crippen molar-refractivity contribution >= 4 is 47.0 Å². The van der Waals surface area contributed by atoms with Crippen molar-refractivity contribution in [1.29, 1.82) is 0 Å². The van der Waals surface area contributed by atoms with Crippen molar-refractivity contribution < 1.29 is 19.1 Å². The lowest BCUT2D eigenvalue weighted by molar-refractivity contribution is -0.114. The maximum atomic E-state index is 12.4. The Bertz CT molecular complexity index is 1130. The second-order valence-electron chi connectivity index (χ2n) is 6.64. The van der Waals surface area contributed by atoms with Gasteiger partial charge in [0.1, 0.15) is 0 Å². The summed E-state index contributed by atoms with van der Waals surface area (Å²) in [5, 5.41) is 5.55. The van der Waals surface area contributed by atoms with Gasteiger partial charge in [-0.05, 0) is 42.0 Å². The Hall–Kier alpha value is -3.84. The summed E-state index contributed by atoms with van der Waals surface area (Å²) in [7, 11) is 1.29. The summed E-state index contributed by atoms with van der Waals surface area (Å²) in [4.78, 5) is 37.2. The van der Waals surface area contributed by atoms with Crippen LogP contribution in [-0.2, 0) is 14.3 Å². The van der Waals surface area contributed by atoms with E-state index in [4.69, 9.17) is 4.74 Å². The van der Waals surface area contributed by atoms with E-state index in [9.17, 15) is 14.4 Å². The minimum absolute atomic E-state index is 0.140. The monoisotopic (exact) mass is 446 g/mol. The number of anilines is 2. The molecule has 0 saturated carbocycles. The molecule has 0 unspecified atom stereocenters. The molecule has 3 aromatic rings. The van der Waals surface area contributed by atoms with E-state index in [-0.39, 0.29) is 17.6 Å². The van der Waals surface area contributed by atoms with E-state index in [0.717, 1.165) is 10.5 Å². The van der Waals surface area contributed by atoms with E-state index < -0.39 is 5.97 Å². The lowest BCUT2D eigenvalue weighted by atomic mass is 10.2. The molecule has 0 radical (unpaired) electrons. The number of methoxy groups -OCH3 is 1. The van der Waals surface area contributed by atoms with Gasteiger partial charge in [-0.3, -0.25) is 9.59 Å². The minimum atomic E-state index is -0.515. The molecular weight excluding hydrogens is 424 g/mol. The first-order chi connectivity index (χ1) is 15.5. The van der Waals surface area contributed by atoms with Gasteiger partial charge in [0.05, 0.1) is 24.1 Å². The molecule has 2 N–H and O–H groups in total. The molecule has 0 bridgehead atoms. The Morgan fingerprint density at radius 2 is 1.66 bits per heavy atom. The van der Waals surface area contributed by atoms with Gasteiger partial charge >= 0.3 is 5.97 Å². The number of hydrogen-bond donors (Lipinski definition) is 2. The maximum absolute atomic E-state index is 12.4. The van der Waals surface area contributed by atoms with Crippen LogP contribution >= 0.6 is 11.8 Å². The fourth-order valence-corrected chi connectivity index (χ4v) is 3.55. The first-order valence-corrected chi connectivity index (χ1v) is 10.8. The maximum Gasteiger partial charge on any atom is 0.339 e. The number of carbonyl (C=O) groups is 3. The summed E-state index contributed by atoms with van der Waals surface area (Å²) in [6.07, 6.45) is 3.21. The quantitative estimate of drug-likeness (QED) is 0.293. The molecule has 32 heavy (non-hydrogen) atoms. The van der Waals surface area contributed by atoms with Crippen molar-refractivity contribution in [3.05, 3.63) is 96.1 Å². The van der Waals surface area contributed by atoms with E-state index in [0.29, 0.717) is 16.9 Å². The average Bonchev–Trinajstić information content (AvgIpc) is 2.82. The molecule has 7 heteroatoms. The average molecular weight is 447 g/mol. The molecule has 0 aliphatic carbocycles. The van der Waals surface area contributed by atoms with Crippen LogP contribution in [-0.4, -0.2) is 30.6 Å². The summed E-state index contributed by atoms with van der Waals surface area (Å²) in [6.45, 7) is 0. The minimum Gasteiger partial charge on any atom is -0.465 e. The van der Waals surface area contributed by atoms with Gasteiger partial charge in [-0.2, -0.15) is 0 Å². The highest BCUT2D eigenvalue weighted by molar-refractivity contribution is 8.00. The van der Waals surface area contributed by atoms with E-state index in [1.54, 1.807) is 42.5 Å². The van der Waals surface area contributed by atoms with Gasteiger partial charge in [0.15, 0.2) is 0 Å². The molecule has 0 aromatic heterocycles. The van der Waals surface area contributed by atoms with Crippen LogP contribution in [0.5, 0.6) is 0 Å². The van der Waals surface area contributed by atoms with Crippen LogP contribution in [0.4, 0.5) is 11.4 Å². The second kappa shape index (κ2) is 11.5. The smallest absolute Gasteiger partial charge is 0.339 e. The highest BCUT2D eigenvalue weighted by atomic mass is 32.2. The molecule has 0 atom stereocenters. The summed E-state index contributed by atoms with van der Waals surface area (Å²) in [6, 6.07) is 23.5. The summed E-state index contributed by atoms with van der Waals surface area (Å²) in [5.41, 5.74) is 2.26. The van der Waals surface area contributed by atoms with Gasteiger partial charge < -0.3 is 15.4 Å². The molecule has 0 aliphatic rings. The van der Waals surface area contributed by atoms with Crippen LogP contribution in [0.25, 0.3) is 6.08 Å². The fraction of sp³-hybridized carbons (Fsp3) is 0.0800. The molecule has 0 spiro atoms. The molecular formula is C25H22N2O4S. The second-order valence-corrected chi connectivity index (χ2v) is 7.68. The molecule has 162 valence electrons. The van der Waals surface area contributed by atoms with Crippen molar-refractivity contribution in [2.75, 3.05) is 23.5 Å². The van der Waals surface area contributed by atoms with Crippen LogP contribution in [0.2, 0.25) is 0 Å². The van der Waals surface area contributed by atoms with Gasteiger partial charge in [0, 0.05) is 16.7 Å².